The zero-order chi connectivity index (χ0) is 12.2. The van der Waals surface area contributed by atoms with E-state index in [1.807, 2.05) is 0 Å². The summed E-state index contributed by atoms with van der Waals surface area (Å²) in [6.07, 6.45) is 0. The van der Waals surface area contributed by atoms with Crippen LogP contribution >= 0.6 is 0 Å². The maximum absolute atomic E-state index is 9.53. The predicted octanol–water partition coefficient (Wildman–Crippen LogP) is -3.02. The molecule has 0 fully saturated rings. The van der Waals surface area contributed by atoms with Gasteiger partial charge in [-0.25, -0.2) is 0 Å². The van der Waals surface area contributed by atoms with Crippen molar-refractivity contribution in [2.45, 2.75) is 0 Å². The van der Waals surface area contributed by atoms with E-state index in [4.69, 9.17) is 24.2 Å². The Bertz CT molecular complexity index is 403. The first kappa shape index (κ1) is 16.6. The van der Waals surface area contributed by atoms with Gasteiger partial charge < -0.3 is 0 Å². The first-order valence-electron chi connectivity index (χ1n) is 2.06. The summed E-state index contributed by atoms with van der Waals surface area (Å²) in [6.45, 7) is 0. The molecule has 14 heteroatoms. The third-order valence-corrected chi connectivity index (χ3v) is 2.92. The van der Waals surface area contributed by atoms with E-state index < -0.39 is 40.8 Å². The summed E-state index contributed by atoms with van der Waals surface area (Å²) < 4.78 is 88.1. The summed E-state index contributed by atoms with van der Waals surface area (Å²) in [5, 5.41) is 0. The van der Waals surface area contributed by atoms with Crippen LogP contribution in [0, 0.1) is 0 Å². The van der Waals surface area contributed by atoms with E-state index in [2.05, 4.69) is 2.84 Å². The quantitative estimate of drug-likeness (QED) is 0.401. The molecule has 0 bridgehead atoms. The van der Waals surface area contributed by atoms with Crippen molar-refractivity contribution >= 4 is 0 Å². The van der Waals surface area contributed by atoms with E-state index in [0.29, 0.717) is 0 Å². The van der Waals surface area contributed by atoms with Crippen LogP contribution in [0.25, 0.3) is 0 Å². The fourth-order valence-corrected chi connectivity index (χ4v) is 1.85. The zero-order valence-electron chi connectivity index (χ0n) is 5.87. The molecule has 88 valence electrons. The molecule has 0 aromatic rings. The SMILES string of the molecule is [O]=[Cr](=[O])([OH])[OH].[O]=[Cr](=[O])([OH])[O][Cr](=[O])(=[O])[OH]. The predicted molar refractivity (Wildman–Crippen MR) is 14.1 cm³/mol. The van der Waals surface area contributed by atoms with Crippen LogP contribution in [0.3, 0.4) is 0 Å². The second kappa shape index (κ2) is 5.33. The van der Waals surface area contributed by atoms with Gasteiger partial charge >= 0.3 is 83.1 Å². The Morgan fingerprint density at radius 1 is 0.643 bits per heavy atom. The molecule has 0 aromatic heterocycles. The standard InChI is InChI=1S/3Cr.4H2O.7O/h;;;4*1H2;;;;;;;/q2*+1;+2;;;;;;;;;;;/p-4. The van der Waals surface area contributed by atoms with Crippen molar-refractivity contribution in [2.24, 2.45) is 0 Å². The molecule has 0 aromatic carbocycles. The maximum atomic E-state index is 9.53. The average molecular weight is 336 g/mol. The van der Waals surface area contributed by atoms with Gasteiger partial charge in [0.1, 0.15) is 0 Å². The van der Waals surface area contributed by atoms with E-state index in [9.17, 15) is 15.2 Å². The molecule has 0 saturated carbocycles. The average Bonchev–Trinajstić information content (AvgIpc) is 1.42. The Hall–Kier alpha value is 0.197. The van der Waals surface area contributed by atoms with Crippen LogP contribution in [-0.4, -0.2) is 16.6 Å². The van der Waals surface area contributed by atoms with Gasteiger partial charge in [-0.3, -0.25) is 0 Å². The minimum absolute atomic E-state index is 2.83. The van der Waals surface area contributed by atoms with Gasteiger partial charge in [0.15, 0.2) is 0 Å². The van der Waals surface area contributed by atoms with E-state index in [1.165, 1.54) is 0 Å². The second-order valence-electron chi connectivity index (χ2n) is 1.37. The van der Waals surface area contributed by atoms with E-state index in [1.54, 1.807) is 0 Å². The van der Waals surface area contributed by atoms with Crippen LogP contribution < -0.4 is 0 Å². The van der Waals surface area contributed by atoms with Crippen LogP contribution in [0.2, 0.25) is 0 Å². The number of hydrogen-bond acceptors (Lipinski definition) is 7. The van der Waals surface area contributed by atoms with Gasteiger partial charge in [0.05, 0.1) is 0 Å². The van der Waals surface area contributed by atoms with Gasteiger partial charge in [0, 0.05) is 0 Å². The summed E-state index contributed by atoms with van der Waals surface area (Å²) in [7, 11) is 0. The van der Waals surface area contributed by atoms with Gasteiger partial charge in [-0.15, -0.1) is 0 Å². The van der Waals surface area contributed by atoms with E-state index in [-0.39, 0.29) is 0 Å². The molecule has 14 heavy (non-hydrogen) atoms. The molecule has 4 N–H and O–H groups in total. The second-order valence-corrected chi connectivity index (χ2v) is 6.53. The summed E-state index contributed by atoms with van der Waals surface area (Å²) in [6, 6.07) is 0. The molecule has 0 atom stereocenters. The Balaban J connectivity index is 0. The third kappa shape index (κ3) is 39.8. The van der Waals surface area contributed by atoms with Crippen molar-refractivity contribution in [2.75, 3.05) is 0 Å². The van der Waals surface area contributed by atoms with Gasteiger partial charge in [0.25, 0.3) is 0 Å². The van der Waals surface area contributed by atoms with Gasteiger partial charge in [-0.05, 0) is 0 Å². The fraction of sp³-hybridized carbons (Fsp3) is 0. The number of hydrogen-bond donors (Lipinski definition) is 4. The molecule has 0 saturated heterocycles. The van der Waals surface area contributed by atoms with Crippen molar-refractivity contribution < 1.29 is 83.1 Å². The first-order valence-corrected chi connectivity index (χ1v) is 8.51. The Morgan fingerprint density at radius 3 is 0.786 bits per heavy atom. The van der Waals surface area contributed by atoms with Crippen molar-refractivity contribution in [1.82, 2.24) is 0 Å². The summed E-state index contributed by atoms with van der Waals surface area (Å²) in [4.78, 5) is 0. The van der Waals surface area contributed by atoms with Gasteiger partial charge in [-0.1, -0.05) is 0 Å². The van der Waals surface area contributed by atoms with Crippen molar-refractivity contribution in [1.29, 1.82) is 0 Å². The zero-order valence-corrected chi connectivity index (χ0v) is 9.70. The first-order chi connectivity index (χ1) is 5.71. The Labute approximate surface area is 83.1 Å². The van der Waals surface area contributed by atoms with Crippen LogP contribution in [0.1, 0.15) is 0 Å². The van der Waals surface area contributed by atoms with Crippen LogP contribution in [0.15, 0.2) is 0 Å². The molecule has 0 aliphatic heterocycles. The molecule has 0 unspecified atom stereocenters. The molecule has 0 amide bonds. The monoisotopic (exact) mass is 336 g/mol. The summed E-state index contributed by atoms with van der Waals surface area (Å²) in [5.41, 5.74) is 0. The molecule has 0 rings (SSSR count). The van der Waals surface area contributed by atoms with Crippen molar-refractivity contribution in [3.05, 3.63) is 0 Å². The summed E-state index contributed by atoms with van der Waals surface area (Å²) in [5.74, 6) is 0. The normalized spacial score (nSPS) is 12.9. The molecule has 0 heterocycles. The van der Waals surface area contributed by atoms with E-state index in [0.717, 1.165) is 0 Å². The van der Waals surface area contributed by atoms with Crippen molar-refractivity contribution in [3.63, 3.8) is 0 Å². The Morgan fingerprint density at radius 2 is 0.786 bits per heavy atom. The van der Waals surface area contributed by atoms with Crippen LogP contribution in [0.5, 0.6) is 0 Å². The van der Waals surface area contributed by atoms with Crippen molar-refractivity contribution in [3.8, 4) is 0 Å². The Kier molecular flexibility index (Phi) is 6.33. The van der Waals surface area contributed by atoms with Crippen LogP contribution in [0.4, 0.5) is 0 Å². The minimum atomic E-state index is -5.76. The van der Waals surface area contributed by atoms with Gasteiger partial charge in [0.2, 0.25) is 0 Å². The molecule has 0 aliphatic carbocycles. The van der Waals surface area contributed by atoms with E-state index >= 15 is 0 Å². The molecule has 0 aliphatic rings. The molecular formula is H4Cr3O11. The third-order valence-electron chi connectivity index (χ3n) is 0.172. The van der Waals surface area contributed by atoms with Crippen LogP contribution in [-0.2, 0) is 66.5 Å². The fourth-order valence-electron chi connectivity index (χ4n) is 0.109. The summed E-state index contributed by atoms with van der Waals surface area (Å²) >= 11 is -16.8. The molecule has 0 radical (unpaired) electrons. The molecule has 11 nitrogen and oxygen atoms in total. The van der Waals surface area contributed by atoms with Gasteiger partial charge in [-0.2, -0.15) is 0 Å². The molecule has 0 spiro atoms. The topological polar surface area (TPSA) is 193 Å². The molecular weight excluding hydrogens is 332 g/mol. The number of rotatable bonds is 2.